The summed E-state index contributed by atoms with van der Waals surface area (Å²) in [6.07, 6.45) is 8.07. The SMILES string of the molecule is CC=C1CCC2C3C(CC[C@]12C)C1CC[C@H](O)CC1[C@@H](O)[C@@H]3O. The standard InChI is InChI=1S/C20H32O3/c1-3-11-4-7-16-17-14(8-9-20(11,16)2)13-6-5-12(21)10-15(13)18(22)19(17)23/h3,12-19,21-23H,4-10H2,1-2H3/t12-,13?,14?,15?,16?,17?,18+,19+,20+/m0/s1. The van der Waals surface area contributed by atoms with Crippen molar-refractivity contribution in [2.75, 3.05) is 0 Å². The van der Waals surface area contributed by atoms with Crippen LogP contribution in [0.2, 0.25) is 0 Å². The highest BCUT2D eigenvalue weighted by molar-refractivity contribution is 5.24. The van der Waals surface area contributed by atoms with Crippen molar-refractivity contribution in [2.45, 2.75) is 77.1 Å². The highest BCUT2D eigenvalue weighted by Gasteiger charge is 2.60. The Bertz CT molecular complexity index is 501. The van der Waals surface area contributed by atoms with Gasteiger partial charge in [-0.05, 0) is 86.9 Å². The van der Waals surface area contributed by atoms with Crippen LogP contribution in [-0.4, -0.2) is 33.6 Å². The van der Waals surface area contributed by atoms with Crippen molar-refractivity contribution in [3.05, 3.63) is 11.6 Å². The Hall–Kier alpha value is -0.380. The number of fused-ring (bicyclic) bond motifs is 5. The van der Waals surface area contributed by atoms with Crippen molar-refractivity contribution in [1.29, 1.82) is 0 Å². The highest BCUT2D eigenvalue weighted by Crippen LogP contribution is 2.64. The van der Waals surface area contributed by atoms with Gasteiger partial charge in [0.15, 0.2) is 0 Å². The zero-order valence-electron chi connectivity index (χ0n) is 14.5. The van der Waals surface area contributed by atoms with E-state index in [1.807, 2.05) is 0 Å². The molecule has 0 aliphatic heterocycles. The maximum atomic E-state index is 11.0. The molecule has 4 rings (SSSR count). The molecule has 4 saturated carbocycles. The lowest BCUT2D eigenvalue weighted by Crippen LogP contribution is -2.59. The molecule has 0 aromatic carbocycles. The van der Waals surface area contributed by atoms with Crippen LogP contribution in [0.15, 0.2) is 11.6 Å². The minimum absolute atomic E-state index is 0.0990. The maximum Gasteiger partial charge on any atom is 0.0835 e. The van der Waals surface area contributed by atoms with Crippen molar-refractivity contribution in [1.82, 2.24) is 0 Å². The van der Waals surface area contributed by atoms with Gasteiger partial charge in [-0.2, -0.15) is 0 Å². The molecule has 3 N–H and O–H groups in total. The van der Waals surface area contributed by atoms with Gasteiger partial charge >= 0.3 is 0 Å². The molecule has 130 valence electrons. The number of hydrogen-bond acceptors (Lipinski definition) is 3. The van der Waals surface area contributed by atoms with Crippen LogP contribution in [0.1, 0.15) is 58.8 Å². The molecule has 0 aromatic heterocycles. The second kappa shape index (κ2) is 5.57. The Morgan fingerprint density at radius 3 is 2.48 bits per heavy atom. The fourth-order valence-corrected chi connectivity index (χ4v) is 7.15. The zero-order valence-corrected chi connectivity index (χ0v) is 14.5. The second-order valence-electron chi connectivity index (χ2n) is 8.93. The third-order valence-electron chi connectivity index (χ3n) is 8.24. The van der Waals surface area contributed by atoms with Gasteiger partial charge in [-0.15, -0.1) is 0 Å². The van der Waals surface area contributed by atoms with Gasteiger partial charge in [0.1, 0.15) is 0 Å². The first-order valence-corrected chi connectivity index (χ1v) is 9.67. The van der Waals surface area contributed by atoms with Crippen LogP contribution >= 0.6 is 0 Å². The summed E-state index contributed by atoms with van der Waals surface area (Å²) in [7, 11) is 0. The molecule has 0 aromatic rings. The average Bonchev–Trinajstić information content (AvgIpc) is 2.88. The van der Waals surface area contributed by atoms with Crippen LogP contribution in [0.25, 0.3) is 0 Å². The number of rotatable bonds is 0. The molecule has 0 amide bonds. The first kappa shape index (κ1) is 16.1. The predicted molar refractivity (Wildman–Crippen MR) is 89.7 cm³/mol. The van der Waals surface area contributed by atoms with Crippen LogP contribution in [0.5, 0.6) is 0 Å². The van der Waals surface area contributed by atoms with Gasteiger partial charge in [0.2, 0.25) is 0 Å². The van der Waals surface area contributed by atoms with Crippen molar-refractivity contribution in [2.24, 2.45) is 35.0 Å². The summed E-state index contributed by atoms with van der Waals surface area (Å²) in [4.78, 5) is 0. The summed E-state index contributed by atoms with van der Waals surface area (Å²) in [5.41, 5.74) is 1.81. The Morgan fingerprint density at radius 1 is 0.957 bits per heavy atom. The van der Waals surface area contributed by atoms with E-state index in [0.29, 0.717) is 24.2 Å². The van der Waals surface area contributed by atoms with Gasteiger partial charge < -0.3 is 15.3 Å². The van der Waals surface area contributed by atoms with E-state index in [1.54, 1.807) is 5.57 Å². The first-order chi connectivity index (χ1) is 11.0. The summed E-state index contributed by atoms with van der Waals surface area (Å²) in [5, 5.41) is 31.8. The van der Waals surface area contributed by atoms with E-state index in [9.17, 15) is 15.3 Å². The molecule has 3 nitrogen and oxygen atoms in total. The van der Waals surface area contributed by atoms with Gasteiger partial charge in [0.25, 0.3) is 0 Å². The summed E-state index contributed by atoms with van der Waals surface area (Å²) in [5.74, 6) is 1.91. The Morgan fingerprint density at radius 2 is 1.74 bits per heavy atom. The molecular formula is C20H32O3. The fourth-order valence-electron chi connectivity index (χ4n) is 7.15. The van der Waals surface area contributed by atoms with E-state index in [1.165, 1.54) is 19.3 Å². The number of allylic oxidation sites excluding steroid dienone is 2. The van der Waals surface area contributed by atoms with E-state index in [-0.39, 0.29) is 23.4 Å². The van der Waals surface area contributed by atoms with E-state index in [0.717, 1.165) is 19.3 Å². The largest absolute Gasteiger partial charge is 0.393 e. The van der Waals surface area contributed by atoms with Gasteiger partial charge in [-0.1, -0.05) is 18.6 Å². The maximum absolute atomic E-state index is 11.0. The Balaban J connectivity index is 1.67. The number of aliphatic hydroxyl groups is 3. The summed E-state index contributed by atoms with van der Waals surface area (Å²) in [6.45, 7) is 4.55. The van der Waals surface area contributed by atoms with Gasteiger partial charge in [0, 0.05) is 0 Å². The van der Waals surface area contributed by atoms with Crippen LogP contribution in [0.3, 0.4) is 0 Å². The van der Waals surface area contributed by atoms with E-state index in [2.05, 4.69) is 19.9 Å². The molecule has 0 saturated heterocycles. The number of hydrogen-bond donors (Lipinski definition) is 3. The minimum Gasteiger partial charge on any atom is -0.393 e. The smallest absolute Gasteiger partial charge is 0.0835 e. The first-order valence-electron chi connectivity index (χ1n) is 9.67. The molecule has 4 fully saturated rings. The van der Waals surface area contributed by atoms with E-state index in [4.69, 9.17) is 0 Å². The summed E-state index contributed by atoms with van der Waals surface area (Å²) >= 11 is 0. The van der Waals surface area contributed by atoms with Crippen molar-refractivity contribution < 1.29 is 15.3 Å². The Kier molecular flexibility index (Phi) is 3.90. The molecule has 23 heavy (non-hydrogen) atoms. The van der Waals surface area contributed by atoms with Crippen molar-refractivity contribution in [3.8, 4) is 0 Å². The van der Waals surface area contributed by atoms with Gasteiger partial charge in [0.05, 0.1) is 18.3 Å². The lowest BCUT2D eigenvalue weighted by atomic mass is 9.48. The van der Waals surface area contributed by atoms with E-state index >= 15 is 0 Å². The topological polar surface area (TPSA) is 60.7 Å². The third-order valence-corrected chi connectivity index (χ3v) is 8.24. The molecule has 0 heterocycles. The molecule has 4 aliphatic carbocycles. The minimum atomic E-state index is -0.645. The molecule has 0 radical (unpaired) electrons. The Labute approximate surface area is 139 Å². The summed E-state index contributed by atoms with van der Waals surface area (Å²) in [6, 6.07) is 0. The second-order valence-corrected chi connectivity index (χ2v) is 8.93. The van der Waals surface area contributed by atoms with Crippen LogP contribution < -0.4 is 0 Å². The molecule has 0 bridgehead atoms. The van der Waals surface area contributed by atoms with Crippen LogP contribution in [-0.2, 0) is 0 Å². The predicted octanol–water partition coefficient (Wildman–Crippen LogP) is 2.89. The molecule has 5 unspecified atom stereocenters. The van der Waals surface area contributed by atoms with Crippen LogP contribution in [0, 0.1) is 35.0 Å². The zero-order chi connectivity index (χ0) is 16.4. The van der Waals surface area contributed by atoms with Crippen molar-refractivity contribution in [3.63, 3.8) is 0 Å². The lowest BCUT2D eigenvalue weighted by molar-refractivity contribution is -0.183. The lowest BCUT2D eigenvalue weighted by Gasteiger charge is -2.58. The monoisotopic (exact) mass is 320 g/mol. The molecule has 9 atom stereocenters. The molecule has 0 spiro atoms. The molecule has 4 aliphatic rings. The van der Waals surface area contributed by atoms with Crippen LogP contribution in [0.4, 0.5) is 0 Å². The third kappa shape index (κ3) is 2.19. The molecule has 3 heteroatoms. The molecular weight excluding hydrogens is 288 g/mol. The quantitative estimate of drug-likeness (QED) is 0.602. The highest BCUT2D eigenvalue weighted by atomic mass is 16.3. The van der Waals surface area contributed by atoms with Gasteiger partial charge in [-0.3, -0.25) is 0 Å². The van der Waals surface area contributed by atoms with Gasteiger partial charge in [-0.25, -0.2) is 0 Å². The summed E-state index contributed by atoms with van der Waals surface area (Å²) < 4.78 is 0. The normalized spacial score (nSPS) is 57.7. The van der Waals surface area contributed by atoms with Crippen molar-refractivity contribution >= 4 is 0 Å². The van der Waals surface area contributed by atoms with E-state index < -0.39 is 12.2 Å². The average molecular weight is 320 g/mol. The fraction of sp³-hybridized carbons (Fsp3) is 0.900. The number of aliphatic hydroxyl groups excluding tert-OH is 3.